The largest absolute Gasteiger partial charge is 0.497 e. The molecule has 4 nitrogen and oxygen atoms in total. The fourth-order valence-electron chi connectivity index (χ4n) is 2.62. The van der Waals surface area contributed by atoms with E-state index >= 15 is 0 Å². The maximum Gasteiger partial charge on any atom is 0.247 e. The molecule has 3 aromatic rings. The van der Waals surface area contributed by atoms with Crippen LogP contribution in [0, 0.1) is 17.5 Å². The van der Waals surface area contributed by atoms with Gasteiger partial charge in [-0.05, 0) is 54.1 Å². The molecule has 0 unspecified atom stereocenters. The van der Waals surface area contributed by atoms with E-state index in [1.807, 2.05) is 0 Å². The lowest BCUT2D eigenvalue weighted by Crippen LogP contribution is -2.08. The molecule has 3 aromatic carbocycles. The Morgan fingerprint density at radius 3 is 2.52 bits per heavy atom. The highest BCUT2D eigenvalue weighted by Gasteiger charge is 2.16. The lowest BCUT2D eigenvalue weighted by atomic mass is 10.0. The van der Waals surface area contributed by atoms with Crippen molar-refractivity contribution in [1.82, 2.24) is 0 Å². The Morgan fingerprint density at radius 2 is 1.79 bits per heavy atom. The maximum absolute atomic E-state index is 13.9. The highest BCUT2D eigenvalue weighted by Crippen LogP contribution is 2.35. The SMILES string of the molecule is C=CC(=O)Nc1ccc(OC)cc1-c1cccc(Oc2ccc(F)c(F)c2F)c1. The van der Waals surface area contributed by atoms with Crippen LogP contribution in [0.1, 0.15) is 0 Å². The van der Waals surface area contributed by atoms with Crippen molar-refractivity contribution in [2.45, 2.75) is 0 Å². The van der Waals surface area contributed by atoms with Crippen molar-refractivity contribution in [3.05, 3.63) is 84.7 Å². The highest BCUT2D eigenvalue weighted by atomic mass is 19.2. The van der Waals surface area contributed by atoms with Gasteiger partial charge in [0.25, 0.3) is 0 Å². The van der Waals surface area contributed by atoms with E-state index in [0.29, 0.717) is 22.6 Å². The minimum absolute atomic E-state index is 0.191. The topological polar surface area (TPSA) is 47.6 Å². The molecule has 0 aliphatic carbocycles. The van der Waals surface area contributed by atoms with Crippen molar-refractivity contribution in [3.63, 3.8) is 0 Å². The predicted octanol–water partition coefficient (Wildman–Crippen LogP) is 5.70. The number of benzene rings is 3. The minimum Gasteiger partial charge on any atom is -0.497 e. The summed E-state index contributed by atoms with van der Waals surface area (Å²) in [6.07, 6.45) is 1.14. The zero-order valence-electron chi connectivity index (χ0n) is 15.3. The van der Waals surface area contributed by atoms with Gasteiger partial charge in [-0.2, -0.15) is 4.39 Å². The molecule has 0 fully saturated rings. The first-order valence-corrected chi connectivity index (χ1v) is 8.46. The molecule has 0 saturated heterocycles. The second kappa shape index (κ2) is 8.52. The first-order chi connectivity index (χ1) is 13.9. The van der Waals surface area contributed by atoms with E-state index in [-0.39, 0.29) is 5.75 Å². The van der Waals surface area contributed by atoms with Gasteiger partial charge in [0.2, 0.25) is 11.7 Å². The summed E-state index contributed by atoms with van der Waals surface area (Å²) in [6, 6.07) is 13.3. The second-order valence-corrected chi connectivity index (χ2v) is 5.91. The smallest absolute Gasteiger partial charge is 0.247 e. The number of amides is 1. The van der Waals surface area contributed by atoms with Crippen LogP contribution in [-0.2, 0) is 4.79 Å². The molecule has 7 heteroatoms. The molecule has 0 spiro atoms. The van der Waals surface area contributed by atoms with Crippen LogP contribution >= 0.6 is 0 Å². The normalized spacial score (nSPS) is 10.3. The Hall–Kier alpha value is -3.74. The molecule has 0 radical (unpaired) electrons. The van der Waals surface area contributed by atoms with E-state index in [2.05, 4.69) is 11.9 Å². The third-order valence-corrected chi connectivity index (χ3v) is 4.04. The number of ether oxygens (including phenoxy) is 2. The van der Waals surface area contributed by atoms with Gasteiger partial charge in [0.1, 0.15) is 11.5 Å². The molecule has 0 atom stereocenters. The summed E-state index contributed by atoms with van der Waals surface area (Å²) < 4.78 is 51.1. The van der Waals surface area contributed by atoms with Crippen LogP contribution in [0.4, 0.5) is 18.9 Å². The van der Waals surface area contributed by atoms with Crippen LogP contribution in [0.3, 0.4) is 0 Å². The van der Waals surface area contributed by atoms with Crippen LogP contribution in [-0.4, -0.2) is 13.0 Å². The first kappa shape index (κ1) is 20.0. The summed E-state index contributed by atoms with van der Waals surface area (Å²) in [5.74, 6) is -4.44. The number of nitrogens with one attached hydrogen (secondary N) is 1. The average molecular weight is 399 g/mol. The third kappa shape index (κ3) is 4.40. The van der Waals surface area contributed by atoms with Crippen LogP contribution in [0.15, 0.2) is 67.3 Å². The zero-order chi connectivity index (χ0) is 21.0. The number of carbonyl (C=O) groups excluding carboxylic acids is 1. The zero-order valence-corrected chi connectivity index (χ0v) is 15.3. The van der Waals surface area contributed by atoms with Crippen molar-refractivity contribution >= 4 is 11.6 Å². The Kier molecular flexibility index (Phi) is 5.87. The minimum atomic E-state index is -1.61. The highest BCUT2D eigenvalue weighted by molar-refractivity contribution is 6.02. The van der Waals surface area contributed by atoms with Gasteiger partial charge in [-0.15, -0.1) is 0 Å². The van der Waals surface area contributed by atoms with Crippen molar-refractivity contribution in [1.29, 1.82) is 0 Å². The van der Waals surface area contributed by atoms with Crippen molar-refractivity contribution in [2.75, 3.05) is 12.4 Å². The number of anilines is 1. The van der Waals surface area contributed by atoms with E-state index in [9.17, 15) is 18.0 Å². The van der Waals surface area contributed by atoms with E-state index in [1.54, 1.807) is 36.4 Å². The second-order valence-electron chi connectivity index (χ2n) is 5.91. The Morgan fingerprint density at radius 1 is 1.00 bits per heavy atom. The summed E-state index contributed by atoms with van der Waals surface area (Å²) >= 11 is 0. The first-order valence-electron chi connectivity index (χ1n) is 8.46. The van der Waals surface area contributed by atoms with Gasteiger partial charge >= 0.3 is 0 Å². The standard InChI is InChI=1S/C22H16F3NO3/c1-3-20(27)26-18-9-7-14(28-2)12-16(18)13-5-4-6-15(11-13)29-19-10-8-17(23)21(24)22(19)25/h3-12H,1H2,2H3,(H,26,27). The van der Waals surface area contributed by atoms with Gasteiger partial charge in [0.15, 0.2) is 17.4 Å². The lowest BCUT2D eigenvalue weighted by molar-refractivity contribution is -0.111. The van der Waals surface area contributed by atoms with Crippen molar-refractivity contribution in [3.8, 4) is 28.4 Å². The van der Waals surface area contributed by atoms with Crippen LogP contribution < -0.4 is 14.8 Å². The van der Waals surface area contributed by atoms with Crippen LogP contribution in [0.2, 0.25) is 0 Å². The lowest BCUT2D eigenvalue weighted by Gasteiger charge is -2.14. The fourth-order valence-corrected chi connectivity index (χ4v) is 2.62. The molecular formula is C22H16F3NO3. The van der Waals surface area contributed by atoms with E-state index < -0.39 is 29.1 Å². The molecule has 0 saturated carbocycles. The molecular weight excluding hydrogens is 383 g/mol. The average Bonchev–Trinajstić information content (AvgIpc) is 2.74. The Bertz CT molecular complexity index is 1080. The van der Waals surface area contributed by atoms with Gasteiger partial charge in [-0.1, -0.05) is 18.7 Å². The van der Waals surface area contributed by atoms with Gasteiger partial charge in [0, 0.05) is 11.3 Å². The molecule has 1 amide bonds. The van der Waals surface area contributed by atoms with Gasteiger partial charge in [-0.3, -0.25) is 4.79 Å². The fraction of sp³-hybridized carbons (Fsp3) is 0.0455. The number of methoxy groups -OCH3 is 1. The van der Waals surface area contributed by atoms with Crippen LogP contribution in [0.5, 0.6) is 17.2 Å². The monoisotopic (exact) mass is 399 g/mol. The molecule has 0 bridgehead atoms. The molecule has 0 heterocycles. The molecule has 148 valence electrons. The Labute approximate surface area is 165 Å². The van der Waals surface area contributed by atoms with Crippen LogP contribution in [0.25, 0.3) is 11.1 Å². The summed E-state index contributed by atoms with van der Waals surface area (Å²) in [6.45, 7) is 3.43. The van der Waals surface area contributed by atoms with Gasteiger partial charge < -0.3 is 14.8 Å². The van der Waals surface area contributed by atoms with Crippen molar-refractivity contribution < 1.29 is 27.4 Å². The molecule has 3 rings (SSSR count). The van der Waals surface area contributed by atoms with Gasteiger partial charge in [-0.25, -0.2) is 8.78 Å². The molecule has 0 aromatic heterocycles. The number of hydrogen-bond acceptors (Lipinski definition) is 3. The van der Waals surface area contributed by atoms with Gasteiger partial charge in [0.05, 0.1) is 7.11 Å². The molecule has 29 heavy (non-hydrogen) atoms. The Balaban J connectivity index is 2.00. The molecule has 1 N–H and O–H groups in total. The molecule has 0 aliphatic heterocycles. The number of halogens is 3. The predicted molar refractivity (Wildman–Crippen MR) is 104 cm³/mol. The quantitative estimate of drug-likeness (QED) is 0.428. The third-order valence-electron chi connectivity index (χ3n) is 4.04. The summed E-state index contributed by atoms with van der Waals surface area (Å²) in [7, 11) is 1.51. The van der Waals surface area contributed by atoms with E-state index in [4.69, 9.17) is 9.47 Å². The summed E-state index contributed by atoms with van der Waals surface area (Å²) in [5.41, 5.74) is 1.71. The van der Waals surface area contributed by atoms with E-state index in [0.717, 1.165) is 18.2 Å². The van der Waals surface area contributed by atoms with E-state index in [1.165, 1.54) is 13.2 Å². The summed E-state index contributed by atoms with van der Waals surface area (Å²) in [4.78, 5) is 11.7. The number of hydrogen-bond donors (Lipinski definition) is 1. The maximum atomic E-state index is 13.9. The van der Waals surface area contributed by atoms with Crippen molar-refractivity contribution in [2.24, 2.45) is 0 Å². The number of rotatable bonds is 6. The number of carbonyl (C=O) groups is 1. The summed E-state index contributed by atoms with van der Waals surface area (Å²) in [5, 5.41) is 2.70. The molecule has 0 aliphatic rings.